The number of ether oxygens (including phenoxy) is 3. The van der Waals surface area contributed by atoms with Crippen molar-refractivity contribution in [2.24, 2.45) is 0 Å². The van der Waals surface area contributed by atoms with Crippen LogP contribution in [-0.2, 0) is 4.79 Å². The Hall–Kier alpha value is -1.93. The second-order valence-electron chi connectivity index (χ2n) is 5.76. The fourth-order valence-corrected chi connectivity index (χ4v) is 3.98. The number of carbonyl (C=O) groups is 1. The highest BCUT2D eigenvalue weighted by atomic mass is 35.5. The number of thiocarbonyl (C=S) groups is 1. The van der Waals surface area contributed by atoms with E-state index in [1.54, 1.807) is 30.3 Å². The van der Waals surface area contributed by atoms with Gasteiger partial charge in [-0.25, -0.2) is 0 Å². The zero-order valence-corrected chi connectivity index (χ0v) is 18.5. The van der Waals surface area contributed by atoms with Crippen LogP contribution in [0.5, 0.6) is 17.2 Å². The first-order valence-corrected chi connectivity index (χ1v) is 10.7. The standard InChI is InChI=1S/C20H17Cl2NO4S2/c1-2-25-17-9-12(10-18-19(24)23-20(28)29-18)3-5-16(17)27-8-7-26-15-6-4-13(21)11-14(15)22/h3-6,9-11H,2,7-8H2,1H3,(H,23,24,28)/b18-10+. The Balaban J connectivity index is 1.63. The average molecular weight is 470 g/mol. The van der Waals surface area contributed by atoms with E-state index in [1.165, 1.54) is 11.8 Å². The molecule has 9 heteroatoms. The molecule has 1 saturated heterocycles. The second kappa shape index (κ2) is 10.2. The third-order valence-corrected chi connectivity index (χ3v) is 5.39. The third kappa shape index (κ3) is 6.02. The highest BCUT2D eigenvalue weighted by molar-refractivity contribution is 8.26. The molecule has 1 fully saturated rings. The number of benzene rings is 2. The molecule has 0 radical (unpaired) electrons. The smallest absolute Gasteiger partial charge is 0.263 e. The van der Waals surface area contributed by atoms with E-state index in [0.717, 1.165) is 5.56 Å². The van der Waals surface area contributed by atoms with Gasteiger partial charge in [-0.1, -0.05) is 53.2 Å². The van der Waals surface area contributed by atoms with Gasteiger partial charge in [0, 0.05) is 5.02 Å². The fourth-order valence-electron chi connectivity index (χ4n) is 2.47. The Morgan fingerprint density at radius 3 is 2.41 bits per heavy atom. The maximum atomic E-state index is 11.8. The van der Waals surface area contributed by atoms with Crippen LogP contribution in [0.2, 0.25) is 10.0 Å². The molecule has 152 valence electrons. The Morgan fingerprint density at radius 2 is 1.76 bits per heavy atom. The highest BCUT2D eigenvalue weighted by Gasteiger charge is 2.22. The number of carbonyl (C=O) groups excluding carboxylic acids is 1. The summed E-state index contributed by atoms with van der Waals surface area (Å²) in [7, 11) is 0. The Bertz CT molecular complexity index is 965. The zero-order valence-electron chi connectivity index (χ0n) is 15.4. The summed E-state index contributed by atoms with van der Waals surface area (Å²) in [5.74, 6) is 1.50. The SMILES string of the molecule is CCOc1cc(/C=C2/SC(=S)NC2=O)ccc1OCCOc1ccc(Cl)cc1Cl. The molecule has 2 aromatic carbocycles. The molecule has 0 bridgehead atoms. The predicted octanol–water partition coefficient (Wildman–Crippen LogP) is 5.34. The molecule has 5 nitrogen and oxygen atoms in total. The number of thioether (sulfide) groups is 1. The van der Waals surface area contributed by atoms with Crippen molar-refractivity contribution in [2.75, 3.05) is 19.8 Å². The van der Waals surface area contributed by atoms with E-state index in [0.29, 0.717) is 56.3 Å². The Labute approximate surface area is 188 Å². The van der Waals surface area contributed by atoms with E-state index in [9.17, 15) is 4.79 Å². The molecule has 0 spiro atoms. The molecule has 1 N–H and O–H groups in total. The molecule has 2 aromatic rings. The average Bonchev–Trinajstić information content (AvgIpc) is 2.99. The van der Waals surface area contributed by atoms with Gasteiger partial charge in [-0.15, -0.1) is 0 Å². The molecule has 0 aromatic heterocycles. The minimum atomic E-state index is -0.198. The van der Waals surface area contributed by atoms with E-state index in [1.807, 2.05) is 19.1 Å². The van der Waals surface area contributed by atoms with Crippen LogP contribution in [0.4, 0.5) is 0 Å². The van der Waals surface area contributed by atoms with Crippen molar-refractivity contribution in [2.45, 2.75) is 6.92 Å². The molecule has 1 amide bonds. The van der Waals surface area contributed by atoms with E-state index in [2.05, 4.69) is 5.32 Å². The lowest BCUT2D eigenvalue weighted by Crippen LogP contribution is -2.17. The first kappa shape index (κ1) is 21.8. The van der Waals surface area contributed by atoms with Crippen molar-refractivity contribution in [1.82, 2.24) is 5.32 Å². The largest absolute Gasteiger partial charge is 0.490 e. The van der Waals surface area contributed by atoms with Crippen LogP contribution in [0.25, 0.3) is 6.08 Å². The monoisotopic (exact) mass is 469 g/mol. The van der Waals surface area contributed by atoms with Gasteiger partial charge < -0.3 is 19.5 Å². The van der Waals surface area contributed by atoms with Crippen LogP contribution in [0.3, 0.4) is 0 Å². The van der Waals surface area contributed by atoms with Gasteiger partial charge in [-0.3, -0.25) is 4.79 Å². The summed E-state index contributed by atoms with van der Waals surface area (Å²) in [6, 6.07) is 10.5. The quantitative estimate of drug-likeness (QED) is 0.320. The van der Waals surface area contributed by atoms with Gasteiger partial charge in [0.2, 0.25) is 0 Å². The summed E-state index contributed by atoms with van der Waals surface area (Å²) >= 11 is 18.2. The van der Waals surface area contributed by atoms with E-state index >= 15 is 0 Å². The summed E-state index contributed by atoms with van der Waals surface area (Å²) in [6.07, 6.45) is 1.76. The van der Waals surface area contributed by atoms with Crippen molar-refractivity contribution in [1.29, 1.82) is 0 Å². The van der Waals surface area contributed by atoms with Gasteiger partial charge >= 0.3 is 0 Å². The molecule has 1 aliphatic heterocycles. The first-order chi connectivity index (χ1) is 14.0. The summed E-state index contributed by atoms with van der Waals surface area (Å²) in [5, 5.41) is 3.58. The molecular formula is C20H17Cl2NO4S2. The van der Waals surface area contributed by atoms with Crippen LogP contribution in [-0.4, -0.2) is 30.0 Å². The van der Waals surface area contributed by atoms with Crippen molar-refractivity contribution in [3.8, 4) is 17.2 Å². The molecule has 3 rings (SSSR count). The van der Waals surface area contributed by atoms with Crippen LogP contribution in [0.15, 0.2) is 41.3 Å². The molecule has 0 aliphatic carbocycles. The predicted molar refractivity (Wildman–Crippen MR) is 121 cm³/mol. The second-order valence-corrected chi connectivity index (χ2v) is 8.33. The van der Waals surface area contributed by atoms with E-state index in [-0.39, 0.29) is 5.91 Å². The molecule has 0 saturated carbocycles. The molecule has 0 unspecified atom stereocenters. The van der Waals surface area contributed by atoms with Gasteiger partial charge in [0.1, 0.15) is 23.3 Å². The van der Waals surface area contributed by atoms with Gasteiger partial charge in [0.25, 0.3) is 5.91 Å². The van der Waals surface area contributed by atoms with Crippen LogP contribution >= 0.6 is 47.2 Å². The van der Waals surface area contributed by atoms with E-state index in [4.69, 9.17) is 49.6 Å². The molecule has 1 aliphatic rings. The van der Waals surface area contributed by atoms with Crippen molar-refractivity contribution in [3.05, 3.63) is 56.9 Å². The van der Waals surface area contributed by atoms with Gasteiger partial charge in [-0.05, 0) is 48.9 Å². The topological polar surface area (TPSA) is 56.8 Å². The Morgan fingerprint density at radius 1 is 1.03 bits per heavy atom. The minimum absolute atomic E-state index is 0.198. The van der Waals surface area contributed by atoms with Crippen molar-refractivity contribution >= 4 is 63.5 Å². The fraction of sp³-hybridized carbons (Fsp3) is 0.200. The molecule has 0 atom stereocenters. The summed E-state index contributed by atoms with van der Waals surface area (Å²) in [6.45, 7) is 2.96. The zero-order chi connectivity index (χ0) is 20.8. The minimum Gasteiger partial charge on any atom is -0.490 e. The number of hydrogen-bond acceptors (Lipinski definition) is 6. The van der Waals surface area contributed by atoms with Gasteiger partial charge in [-0.2, -0.15) is 0 Å². The van der Waals surface area contributed by atoms with E-state index < -0.39 is 0 Å². The molecule has 29 heavy (non-hydrogen) atoms. The Kier molecular flexibility index (Phi) is 7.66. The first-order valence-electron chi connectivity index (χ1n) is 8.68. The number of nitrogens with one attached hydrogen (secondary N) is 1. The number of rotatable bonds is 8. The maximum Gasteiger partial charge on any atom is 0.263 e. The summed E-state index contributed by atoms with van der Waals surface area (Å²) in [4.78, 5) is 12.4. The highest BCUT2D eigenvalue weighted by Crippen LogP contribution is 2.32. The van der Waals surface area contributed by atoms with Gasteiger partial charge in [0.15, 0.2) is 11.5 Å². The maximum absolute atomic E-state index is 11.8. The van der Waals surface area contributed by atoms with Crippen LogP contribution < -0.4 is 19.5 Å². The summed E-state index contributed by atoms with van der Waals surface area (Å²) < 4.78 is 17.5. The lowest BCUT2D eigenvalue weighted by Gasteiger charge is -2.13. The number of amides is 1. The van der Waals surface area contributed by atoms with Gasteiger partial charge in [0.05, 0.1) is 16.5 Å². The molecule has 1 heterocycles. The van der Waals surface area contributed by atoms with Crippen LogP contribution in [0.1, 0.15) is 12.5 Å². The van der Waals surface area contributed by atoms with Crippen molar-refractivity contribution in [3.63, 3.8) is 0 Å². The lowest BCUT2D eigenvalue weighted by molar-refractivity contribution is -0.115. The van der Waals surface area contributed by atoms with Crippen LogP contribution in [0, 0.1) is 0 Å². The number of halogens is 2. The lowest BCUT2D eigenvalue weighted by atomic mass is 10.2. The third-order valence-electron chi connectivity index (χ3n) is 3.70. The molecular weight excluding hydrogens is 453 g/mol. The van der Waals surface area contributed by atoms with Crippen molar-refractivity contribution < 1.29 is 19.0 Å². The summed E-state index contributed by atoms with van der Waals surface area (Å²) in [5.41, 5.74) is 0.812. The normalized spacial score (nSPS) is 14.8. The number of hydrogen-bond donors (Lipinski definition) is 1.